The van der Waals surface area contributed by atoms with Gasteiger partial charge in [0.25, 0.3) is 0 Å². The van der Waals surface area contributed by atoms with E-state index in [0.717, 1.165) is 37.1 Å². The molecule has 162 valence electrons. The first kappa shape index (κ1) is 21.8. The zero-order valence-corrected chi connectivity index (χ0v) is 19.8. The Hall–Kier alpha value is 0.540. The van der Waals surface area contributed by atoms with Crippen molar-refractivity contribution >= 4 is 21.6 Å². The average molecular weight is 431 g/mol. The molecule has 0 amide bonds. The van der Waals surface area contributed by atoms with Crippen molar-refractivity contribution in [2.75, 3.05) is 52.2 Å². The van der Waals surface area contributed by atoms with E-state index in [1.54, 1.807) is 0 Å². The highest BCUT2D eigenvalue weighted by Crippen LogP contribution is 2.35. The van der Waals surface area contributed by atoms with Crippen LogP contribution in [0.3, 0.4) is 0 Å². The highest BCUT2D eigenvalue weighted by molar-refractivity contribution is 8.76. The monoisotopic (exact) mass is 430 g/mol. The van der Waals surface area contributed by atoms with Crippen molar-refractivity contribution in [3.8, 4) is 0 Å². The minimum Gasteiger partial charge on any atom is -0.322 e. The van der Waals surface area contributed by atoms with Crippen LogP contribution in [0.25, 0.3) is 0 Å². The summed E-state index contributed by atoms with van der Waals surface area (Å²) in [6, 6.07) is 1.69. The number of likely N-dealkylation sites (N-methyl/N-ethyl adjacent to an activating group) is 2. The summed E-state index contributed by atoms with van der Waals surface area (Å²) in [5.41, 5.74) is 0. The SMILES string of the molecule is C[N+]1(C2CCCCC2)COC(CSSCC2C[N+](C)(C3CCCCC3)CO2)C1. The maximum atomic E-state index is 6.21. The van der Waals surface area contributed by atoms with Crippen LogP contribution in [0, 0.1) is 0 Å². The molecule has 28 heavy (non-hydrogen) atoms. The van der Waals surface area contributed by atoms with Gasteiger partial charge in [-0.3, -0.25) is 8.97 Å². The highest BCUT2D eigenvalue weighted by atomic mass is 33.1. The fourth-order valence-electron chi connectivity index (χ4n) is 6.06. The molecule has 4 aliphatic rings. The second-order valence-corrected chi connectivity index (χ2v) is 12.9. The van der Waals surface area contributed by atoms with E-state index in [0.29, 0.717) is 12.2 Å². The molecule has 4 nitrogen and oxygen atoms in total. The van der Waals surface area contributed by atoms with Crippen LogP contribution in [-0.4, -0.2) is 85.4 Å². The molecule has 2 aliphatic heterocycles. The summed E-state index contributed by atoms with van der Waals surface area (Å²) in [6.45, 7) is 4.30. The Labute approximate surface area is 180 Å². The Balaban J connectivity index is 1.13. The van der Waals surface area contributed by atoms with Crippen molar-refractivity contribution in [1.82, 2.24) is 0 Å². The maximum Gasteiger partial charge on any atom is 0.183 e. The van der Waals surface area contributed by atoms with Crippen LogP contribution in [0.5, 0.6) is 0 Å². The topological polar surface area (TPSA) is 18.5 Å². The molecule has 4 fully saturated rings. The van der Waals surface area contributed by atoms with E-state index >= 15 is 0 Å². The fraction of sp³-hybridized carbons (Fsp3) is 1.00. The first-order chi connectivity index (χ1) is 13.6. The normalized spacial score (nSPS) is 40.9. The van der Waals surface area contributed by atoms with Gasteiger partial charge in [0, 0.05) is 11.5 Å². The molecule has 2 heterocycles. The van der Waals surface area contributed by atoms with Gasteiger partial charge in [-0.2, -0.15) is 0 Å². The van der Waals surface area contributed by atoms with Gasteiger partial charge in [-0.15, -0.1) is 0 Å². The summed E-state index contributed by atoms with van der Waals surface area (Å²) >= 11 is 0. The summed E-state index contributed by atoms with van der Waals surface area (Å²) in [4.78, 5) is 0. The quantitative estimate of drug-likeness (QED) is 0.333. The molecule has 6 heteroatoms. The van der Waals surface area contributed by atoms with E-state index < -0.39 is 0 Å². The number of ether oxygens (including phenoxy) is 2. The predicted octanol–water partition coefficient (Wildman–Crippen LogP) is 4.64. The number of hydrogen-bond acceptors (Lipinski definition) is 4. The molecule has 0 radical (unpaired) electrons. The summed E-state index contributed by atoms with van der Waals surface area (Å²) in [5.74, 6) is 2.26. The molecule has 0 bridgehead atoms. The molecule has 0 N–H and O–H groups in total. The molecule has 2 saturated heterocycles. The van der Waals surface area contributed by atoms with Crippen LogP contribution in [0.15, 0.2) is 0 Å². The van der Waals surface area contributed by atoms with Crippen LogP contribution in [0.2, 0.25) is 0 Å². The number of quaternary nitrogens is 2. The van der Waals surface area contributed by atoms with Crippen molar-refractivity contribution in [2.24, 2.45) is 0 Å². The minimum absolute atomic E-state index is 0.442. The summed E-state index contributed by atoms with van der Waals surface area (Å²) in [6.07, 6.45) is 15.1. The van der Waals surface area contributed by atoms with E-state index in [1.165, 1.54) is 86.3 Å². The standard InChI is InChI=1S/C22H42N2O2S2/c1-23(19-9-5-3-6-10-19)13-21(25-17-23)15-27-28-16-22-14-24(2,18-26-22)20-11-7-4-8-12-20/h19-22H,3-18H2,1-2H3/q+2. The van der Waals surface area contributed by atoms with Crippen LogP contribution >= 0.6 is 21.6 Å². The van der Waals surface area contributed by atoms with Crippen molar-refractivity contribution < 1.29 is 18.4 Å². The molecule has 4 atom stereocenters. The lowest BCUT2D eigenvalue weighted by molar-refractivity contribution is -0.932. The Morgan fingerprint density at radius 2 is 1.04 bits per heavy atom. The van der Waals surface area contributed by atoms with E-state index in [2.05, 4.69) is 14.1 Å². The molecule has 2 saturated carbocycles. The predicted molar refractivity (Wildman–Crippen MR) is 120 cm³/mol. The number of nitrogens with zero attached hydrogens (tertiary/aromatic N) is 2. The molecule has 0 spiro atoms. The van der Waals surface area contributed by atoms with Gasteiger partial charge in [0.2, 0.25) is 0 Å². The maximum absolute atomic E-state index is 6.21. The van der Waals surface area contributed by atoms with E-state index in [1.807, 2.05) is 21.6 Å². The molecule has 4 unspecified atom stereocenters. The van der Waals surface area contributed by atoms with Gasteiger partial charge in [-0.1, -0.05) is 34.4 Å². The number of hydrogen-bond donors (Lipinski definition) is 0. The van der Waals surface area contributed by atoms with Crippen LogP contribution < -0.4 is 0 Å². The van der Waals surface area contributed by atoms with Gasteiger partial charge in [0.15, 0.2) is 13.5 Å². The Morgan fingerprint density at radius 1 is 0.643 bits per heavy atom. The van der Waals surface area contributed by atoms with Gasteiger partial charge in [-0.25, -0.2) is 0 Å². The third-order valence-corrected chi connectivity index (χ3v) is 10.5. The van der Waals surface area contributed by atoms with Crippen molar-refractivity contribution in [3.63, 3.8) is 0 Å². The van der Waals surface area contributed by atoms with Crippen LogP contribution in [-0.2, 0) is 9.47 Å². The minimum atomic E-state index is 0.442. The second-order valence-electron chi connectivity index (χ2n) is 10.3. The first-order valence-electron chi connectivity index (χ1n) is 11.7. The van der Waals surface area contributed by atoms with Gasteiger partial charge in [0.1, 0.15) is 25.3 Å². The zero-order valence-electron chi connectivity index (χ0n) is 18.2. The second kappa shape index (κ2) is 9.78. The molecule has 4 rings (SSSR count). The number of rotatable bonds is 7. The molecular formula is C22H42N2O2S2+2. The summed E-state index contributed by atoms with van der Waals surface area (Å²) in [7, 11) is 8.90. The lowest BCUT2D eigenvalue weighted by Gasteiger charge is -2.38. The molecule has 0 aromatic rings. The van der Waals surface area contributed by atoms with E-state index in [4.69, 9.17) is 9.47 Å². The van der Waals surface area contributed by atoms with Gasteiger partial charge in [0.05, 0.1) is 26.2 Å². The van der Waals surface area contributed by atoms with E-state index in [9.17, 15) is 0 Å². The van der Waals surface area contributed by atoms with Crippen molar-refractivity contribution in [1.29, 1.82) is 0 Å². The van der Waals surface area contributed by atoms with Crippen molar-refractivity contribution in [3.05, 3.63) is 0 Å². The largest absolute Gasteiger partial charge is 0.322 e. The van der Waals surface area contributed by atoms with Crippen molar-refractivity contribution in [2.45, 2.75) is 88.5 Å². The van der Waals surface area contributed by atoms with E-state index in [-0.39, 0.29) is 0 Å². The first-order valence-corrected chi connectivity index (χ1v) is 14.2. The lowest BCUT2D eigenvalue weighted by atomic mass is 9.93. The Bertz CT molecular complexity index is 455. The summed E-state index contributed by atoms with van der Waals surface area (Å²) < 4.78 is 14.8. The average Bonchev–Trinajstić information content (AvgIpc) is 3.31. The molecule has 2 aliphatic carbocycles. The van der Waals surface area contributed by atoms with Crippen LogP contribution in [0.4, 0.5) is 0 Å². The Morgan fingerprint density at radius 3 is 1.43 bits per heavy atom. The zero-order chi connectivity index (χ0) is 19.5. The third kappa shape index (κ3) is 5.23. The summed E-state index contributed by atoms with van der Waals surface area (Å²) in [5, 5.41) is 0. The van der Waals surface area contributed by atoms with Gasteiger partial charge in [-0.05, 0) is 51.4 Å². The molecular weight excluding hydrogens is 388 g/mol. The van der Waals surface area contributed by atoms with Gasteiger partial charge >= 0.3 is 0 Å². The molecule has 0 aromatic heterocycles. The fourth-order valence-corrected chi connectivity index (χ4v) is 8.45. The third-order valence-electron chi connectivity index (χ3n) is 7.96. The Kier molecular flexibility index (Phi) is 7.60. The lowest BCUT2D eigenvalue weighted by Crippen LogP contribution is -2.51. The molecule has 0 aromatic carbocycles. The smallest absolute Gasteiger partial charge is 0.183 e. The highest BCUT2D eigenvalue weighted by Gasteiger charge is 2.43. The van der Waals surface area contributed by atoms with Crippen LogP contribution in [0.1, 0.15) is 64.2 Å². The van der Waals surface area contributed by atoms with Gasteiger partial charge < -0.3 is 9.47 Å².